The van der Waals surface area contributed by atoms with Gasteiger partial charge >= 0.3 is 0 Å². The molecule has 0 saturated carbocycles. The van der Waals surface area contributed by atoms with E-state index in [4.69, 9.17) is 33.3 Å². The monoisotopic (exact) mass is 486 g/mol. The van der Waals surface area contributed by atoms with Crippen LogP contribution >= 0.6 is 23.8 Å². The van der Waals surface area contributed by atoms with Gasteiger partial charge in [-0.25, -0.2) is 0 Å². The first-order valence-electron chi connectivity index (χ1n) is 11.0. The molecule has 34 heavy (non-hydrogen) atoms. The first-order valence-corrected chi connectivity index (χ1v) is 11.7. The SMILES string of the molecule is CC1=C(c2nc(-c3ccccc3)no2)C(c2cccc(Cl)c2)NC(=S)N1c1cc(C)cc(C)c1. The number of anilines is 1. The lowest BCUT2D eigenvalue weighted by Crippen LogP contribution is -2.46. The smallest absolute Gasteiger partial charge is 0.258 e. The summed E-state index contributed by atoms with van der Waals surface area (Å²) in [6.07, 6.45) is 0. The molecule has 7 heteroatoms. The number of rotatable bonds is 4. The minimum Gasteiger partial charge on any atom is -0.351 e. The molecule has 1 unspecified atom stereocenters. The lowest BCUT2D eigenvalue weighted by Gasteiger charge is -2.37. The molecule has 0 saturated heterocycles. The average Bonchev–Trinajstić information content (AvgIpc) is 3.28. The molecular weight excluding hydrogens is 464 g/mol. The van der Waals surface area contributed by atoms with Crippen LogP contribution in [0.3, 0.4) is 0 Å². The molecule has 0 aliphatic carbocycles. The number of halogens is 1. The maximum absolute atomic E-state index is 6.34. The lowest BCUT2D eigenvalue weighted by atomic mass is 9.94. The Morgan fingerprint density at radius 3 is 2.38 bits per heavy atom. The van der Waals surface area contributed by atoms with Crippen LogP contribution in [0.1, 0.15) is 35.5 Å². The Morgan fingerprint density at radius 2 is 1.68 bits per heavy atom. The van der Waals surface area contributed by atoms with E-state index in [1.54, 1.807) is 0 Å². The highest BCUT2D eigenvalue weighted by Crippen LogP contribution is 2.40. The van der Waals surface area contributed by atoms with Crippen LogP contribution in [0.5, 0.6) is 0 Å². The fraction of sp³-hybridized carbons (Fsp3) is 0.148. The van der Waals surface area contributed by atoms with Gasteiger partial charge in [0.05, 0.1) is 11.6 Å². The first-order chi connectivity index (χ1) is 16.4. The van der Waals surface area contributed by atoms with Gasteiger partial charge in [-0.2, -0.15) is 4.98 Å². The molecule has 3 aromatic carbocycles. The van der Waals surface area contributed by atoms with Gasteiger partial charge < -0.3 is 9.84 Å². The molecule has 0 amide bonds. The Balaban J connectivity index is 1.68. The number of aryl methyl sites for hydroxylation is 2. The zero-order chi connectivity index (χ0) is 23.8. The first kappa shape index (κ1) is 22.3. The summed E-state index contributed by atoms with van der Waals surface area (Å²) < 4.78 is 5.82. The Hall–Kier alpha value is -3.48. The Morgan fingerprint density at radius 1 is 0.941 bits per heavy atom. The standard InChI is InChI=1S/C27H23ClN4OS/c1-16-12-17(2)14-22(13-16)32-18(3)23(24(29-27(32)34)20-10-7-11-21(28)15-20)26-30-25(31-33-26)19-8-5-4-6-9-19/h4-15,24H,1-3H3,(H,29,34). The largest absolute Gasteiger partial charge is 0.351 e. The van der Waals surface area contributed by atoms with Crippen molar-refractivity contribution in [3.63, 3.8) is 0 Å². The van der Waals surface area contributed by atoms with E-state index < -0.39 is 0 Å². The molecule has 1 aromatic heterocycles. The minimum atomic E-state index is -0.294. The molecule has 5 rings (SSSR count). The summed E-state index contributed by atoms with van der Waals surface area (Å²) in [7, 11) is 0. The number of nitrogens with one attached hydrogen (secondary N) is 1. The van der Waals surface area contributed by atoms with Crippen molar-refractivity contribution in [2.24, 2.45) is 0 Å². The second kappa shape index (κ2) is 9.05. The van der Waals surface area contributed by atoms with E-state index in [0.717, 1.165) is 39.2 Å². The molecule has 0 bridgehead atoms. The van der Waals surface area contributed by atoms with Gasteiger partial charge in [0.15, 0.2) is 5.11 Å². The highest BCUT2D eigenvalue weighted by atomic mass is 35.5. The number of allylic oxidation sites excluding steroid dienone is 1. The van der Waals surface area contributed by atoms with Crippen LogP contribution in [-0.4, -0.2) is 15.3 Å². The molecule has 4 aromatic rings. The van der Waals surface area contributed by atoms with Crippen molar-refractivity contribution in [2.45, 2.75) is 26.8 Å². The fourth-order valence-corrected chi connectivity index (χ4v) is 4.94. The summed E-state index contributed by atoms with van der Waals surface area (Å²) in [5.41, 5.74) is 6.93. The van der Waals surface area contributed by atoms with Gasteiger partial charge in [-0.3, -0.25) is 4.90 Å². The summed E-state index contributed by atoms with van der Waals surface area (Å²) in [6, 6.07) is 23.6. The normalized spacial score (nSPS) is 16.1. The molecule has 0 spiro atoms. The summed E-state index contributed by atoms with van der Waals surface area (Å²) >= 11 is 12.2. The van der Waals surface area contributed by atoms with Gasteiger partial charge in [0.2, 0.25) is 5.82 Å². The summed E-state index contributed by atoms with van der Waals surface area (Å²) in [5.74, 6) is 0.970. The predicted octanol–water partition coefficient (Wildman–Crippen LogP) is 6.87. The van der Waals surface area contributed by atoms with E-state index in [9.17, 15) is 0 Å². The molecule has 5 nitrogen and oxygen atoms in total. The Bertz CT molecular complexity index is 1390. The van der Waals surface area contributed by atoms with Crippen LogP contribution in [0.25, 0.3) is 17.0 Å². The number of nitrogens with zero attached hydrogens (tertiary/aromatic N) is 3. The van der Waals surface area contributed by atoms with E-state index >= 15 is 0 Å². The van der Waals surface area contributed by atoms with Crippen LogP contribution in [0.15, 0.2) is 83.0 Å². The third-order valence-electron chi connectivity index (χ3n) is 5.82. The average molecular weight is 487 g/mol. The number of thiocarbonyl (C=S) groups is 1. The van der Waals surface area contributed by atoms with Crippen molar-refractivity contribution in [3.05, 3.63) is 106 Å². The van der Waals surface area contributed by atoms with Gasteiger partial charge in [0.1, 0.15) is 0 Å². The number of hydrogen-bond acceptors (Lipinski definition) is 4. The highest BCUT2D eigenvalue weighted by molar-refractivity contribution is 7.80. The van der Waals surface area contributed by atoms with Crippen LogP contribution in [-0.2, 0) is 0 Å². The molecule has 1 aliphatic heterocycles. The third-order valence-corrected chi connectivity index (χ3v) is 6.36. The quantitative estimate of drug-likeness (QED) is 0.317. The minimum absolute atomic E-state index is 0.294. The van der Waals surface area contributed by atoms with E-state index in [1.165, 1.54) is 0 Å². The number of benzene rings is 3. The summed E-state index contributed by atoms with van der Waals surface area (Å²) in [6.45, 7) is 6.19. The third kappa shape index (κ3) is 4.22. The van der Waals surface area contributed by atoms with Crippen LogP contribution in [0.2, 0.25) is 5.02 Å². The van der Waals surface area contributed by atoms with Gasteiger partial charge in [-0.05, 0) is 73.9 Å². The number of aromatic nitrogens is 2. The summed E-state index contributed by atoms with van der Waals surface area (Å²) in [4.78, 5) is 6.79. The van der Waals surface area contributed by atoms with E-state index in [2.05, 4.69) is 42.5 Å². The van der Waals surface area contributed by atoms with Gasteiger partial charge in [0.25, 0.3) is 5.89 Å². The van der Waals surface area contributed by atoms with Gasteiger partial charge in [-0.1, -0.05) is 65.3 Å². The molecule has 1 atom stereocenters. The van der Waals surface area contributed by atoms with Crippen molar-refractivity contribution >= 4 is 40.2 Å². The maximum Gasteiger partial charge on any atom is 0.258 e. The van der Waals surface area contributed by atoms with Crippen molar-refractivity contribution in [1.29, 1.82) is 0 Å². The molecule has 1 aliphatic rings. The van der Waals surface area contributed by atoms with Gasteiger partial charge in [0, 0.05) is 22.0 Å². The molecule has 2 heterocycles. The Kier molecular flexibility index (Phi) is 5.94. The van der Waals surface area contributed by atoms with Crippen molar-refractivity contribution < 1.29 is 4.52 Å². The van der Waals surface area contributed by atoms with E-state index in [1.807, 2.05) is 66.4 Å². The lowest BCUT2D eigenvalue weighted by molar-refractivity contribution is 0.404. The maximum atomic E-state index is 6.34. The fourth-order valence-electron chi connectivity index (χ4n) is 4.38. The van der Waals surface area contributed by atoms with Crippen LogP contribution < -0.4 is 10.2 Å². The molecule has 0 fully saturated rings. The second-order valence-corrected chi connectivity index (χ2v) is 9.23. The predicted molar refractivity (Wildman–Crippen MR) is 141 cm³/mol. The summed E-state index contributed by atoms with van der Waals surface area (Å²) in [5, 5.41) is 8.99. The number of hydrogen-bond donors (Lipinski definition) is 1. The van der Waals surface area contributed by atoms with E-state index in [0.29, 0.717) is 21.9 Å². The molecule has 0 radical (unpaired) electrons. The van der Waals surface area contributed by atoms with Crippen molar-refractivity contribution in [3.8, 4) is 11.4 Å². The molecule has 170 valence electrons. The van der Waals surface area contributed by atoms with Crippen LogP contribution in [0, 0.1) is 13.8 Å². The van der Waals surface area contributed by atoms with Crippen molar-refractivity contribution in [1.82, 2.24) is 15.5 Å². The highest BCUT2D eigenvalue weighted by Gasteiger charge is 2.35. The van der Waals surface area contributed by atoms with Crippen LogP contribution in [0.4, 0.5) is 5.69 Å². The van der Waals surface area contributed by atoms with E-state index in [-0.39, 0.29) is 6.04 Å². The Labute approximate surface area is 209 Å². The second-order valence-electron chi connectivity index (χ2n) is 8.41. The molecule has 1 N–H and O–H groups in total. The van der Waals surface area contributed by atoms with Gasteiger partial charge in [-0.15, -0.1) is 0 Å². The molecular formula is C27H23ClN4OS. The zero-order valence-electron chi connectivity index (χ0n) is 19.0. The zero-order valence-corrected chi connectivity index (χ0v) is 20.6. The topological polar surface area (TPSA) is 54.2 Å². The van der Waals surface area contributed by atoms with Crippen molar-refractivity contribution in [2.75, 3.05) is 4.90 Å².